The van der Waals surface area contributed by atoms with Gasteiger partial charge >= 0.3 is 0 Å². The van der Waals surface area contributed by atoms with Gasteiger partial charge in [0.1, 0.15) is 18.0 Å². The topological polar surface area (TPSA) is 91.4 Å². The van der Waals surface area contributed by atoms with Gasteiger partial charge in [-0.3, -0.25) is 14.7 Å². The highest BCUT2D eigenvalue weighted by Crippen LogP contribution is 2.22. The van der Waals surface area contributed by atoms with Gasteiger partial charge in [-0.25, -0.2) is 4.98 Å². The first kappa shape index (κ1) is 17.8. The number of hydrogen-bond donors (Lipinski definition) is 1. The van der Waals surface area contributed by atoms with E-state index in [1.165, 1.54) is 0 Å². The van der Waals surface area contributed by atoms with Crippen LogP contribution >= 0.6 is 0 Å². The van der Waals surface area contributed by atoms with E-state index >= 15 is 0 Å². The predicted octanol–water partition coefficient (Wildman–Crippen LogP) is 1.06. The van der Waals surface area contributed by atoms with Gasteiger partial charge in [-0.2, -0.15) is 5.10 Å². The van der Waals surface area contributed by atoms with E-state index < -0.39 is 6.04 Å². The van der Waals surface area contributed by atoms with E-state index in [2.05, 4.69) is 22.1 Å². The van der Waals surface area contributed by atoms with E-state index in [9.17, 15) is 9.59 Å². The van der Waals surface area contributed by atoms with Crippen LogP contribution in [0, 0.1) is 0 Å². The molecule has 2 amide bonds. The average Bonchev–Trinajstić information content (AvgIpc) is 3.10. The number of H-pyrrole nitrogens is 1. The lowest BCUT2D eigenvalue weighted by atomic mass is 10.1. The lowest BCUT2D eigenvalue weighted by Gasteiger charge is -2.37. The Labute approximate surface area is 147 Å². The summed E-state index contributed by atoms with van der Waals surface area (Å²) in [5.74, 6) is 1.50. The number of ether oxygens (including phenoxy) is 1. The first-order valence-corrected chi connectivity index (χ1v) is 9.21. The molecule has 25 heavy (non-hydrogen) atoms. The number of aromatic nitrogens is 3. The maximum Gasteiger partial charge on any atom is 0.245 e. The van der Waals surface area contributed by atoms with E-state index in [0.29, 0.717) is 38.5 Å². The molecule has 2 fully saturated rings. The molecule has 2 aliphatic rings. The highest BCUT2D eigenvalue weighted by atomic mass is 16.5. The van der Waals surface area contributed by atoms with E-state index in [1.54, 1.807) is 9.80 Å². The monoisotopic (exact) mass is 349 g/mol. The molecule has 1 N–H and O–H groups in total. The summed E-state index contributed by atoms with van der Waals surface area (Å²) in [7, 11) is 0. The molecule has 8 nitrogen and oxygen atoms in total. The Bertz CT molecular complexity index is 617. The number of nitrogens with zero attached hydrogens (tertiary/aromatic N) is 4. The Kier molecular flexibility index (Phi) is 5.67. The lowest BCUT2D eigenvalue weighted by molar-refractivity contribution is -0.151. The Morgan fingerprint density at radius 2 is 2.24 bits per heavy atom. The smallest absolute Gasteiger partial charge is 0.245 e. The summed E-state index contributed by atoms with van der Waals surface area (Å²) in [6, 6.07) is -0.422. The number of amides is 2. The highest BCUT2D eigenvalue weighted by Gasteiger charge is 2.34. The molecule has 0 radical (unpaired) electrons. The molecule has 0 aliphatic carbocycles. The molecule has 0 bridgehead atoms. The second kappa shape index (κ2) is 7.95. The van der Waals surface area contributed by atoms with Crippen molar-refractivity contribution in [1.82, 2.24) is 25.0 Å². The van der Waals surface area contributed by atoms with Crippen molar-refractivity contribution >= 4 is 11.8 Å². The van der Waals surface area contributed by atoms with Gasteiger partial charge in [0.05, 0.1) is 13.2 Å². The van der Waals surface area contributed by atoms with Crippen LogP contribution in [0.1, 0.15) is 57.3 Å². The van der Waals surface area contributed by atoms with E-state index in [1.807, 2.05) is 6.92 Å². The van der Waals surface area contributed by atoms with Crippen LogP contribution in [0.15, 0.2) is 0 Å². The van der Waals surface area contributed by atoms with Crippen LogP contribution in [-0.2, 0) is 20.7 Å². The van der Waals surface area contributed by atoms with Gasteiger partial charge < -0.3 is 14.5 Å². The second-order valence-electron chi connectivity index (χ2n) is 6.75. The fraction of sp³-hybridized carbons (Fsp3) is 0.765. The molecule has 2 saturated heterocycles. The highest BCUT2D eigenvalue weighted by molar-refractivity contribution is 5.87. The predicted molar refractivity (Wildman–Crippen MR) is 90.7 cm³/mol. The molecular formula is C17H27N5O3. The third-order valence-corrected chi connectivity index (χ3v) is 4.89. The fourth-order valence-corrected chi connectivity index (χ4v) is 3.44. The Morgan fingerprint density at radius 3 is 3.00 bits per heavy atom. The van der Waals surface area contributed by atoms with Crippen LogP contribution in [0.4, 0.5) is 0 Å². The molecular weight excluding hydrogens is 322 g/mol. The standard InChI is InChI=1S/C17H27N5O3/c1-3-6-14-18-16(20-19-14)13-11-21(9-10-25-13)17(24)12(2)22-8-5-4-7-15(22)23/h12-13H,3-11H2,1-2H3,(H,18,19,20)/t12-,13-/m0/s1. The molecule has 1 aromatic rings. The summed E-state index contributed by atoms with van der Waals surface area (Å²) in [5.41, 5.74) is 0. The van der Waals surface area contributed by atoms with E-state index in [-0.39, 0.29) is 17.9 Å². The summed E-state index contributed by atoms with van der Waals surface area (Å²) in [4.78, 5) is 32.9. The normalized spacial score (nSPS) is 23.0. The van der Waals surface area contributed by atoms with Gasteiger partial charge in [0.15, 0.2) is 5.82 Å². The number of aryl methyl sites for hydroxylation is 1. The summed E-state index contributed by atoms with van der Waals surface area (Å²) in [6.45, 7) is 5.99. The minimum Gasteiger partial charge on any atom is -0.366 e. The summed E-state index contributed by atoms with van der Waals surface area (Å²) in [6.07, 6.45) is 3.94. The van der Waals surface area contributed by atoms with Crippen LogP contribution in [0.5, 0.6) is 0 Å². The first-order chi connectivity index (χ1) is 12.1. The molecule has 3 rings (SSSR count). The number of likely N-dealkylation sites (tertiary alicyclic amines) is 1. The van der Waals surface area contributed by atoms with Crippen molar-refractivity contribution in [2.75, 3.05) is 26.2 Å². The van der Waals surface area contributed by atoms with Gasteiger partial charge in [0.25, 0.3) is 0 Å². The Hall–Kier alpha value is -1.96. The minimum atomic E-state index is -0.422. The molecule has 0 aromatic carbocycles. The van der Waals surface area contributed by atoms with Crippen molar-refractivity contribution in [2.45, 2.75) is 58.1 Å². The molecule has 138 valence electrons. The molecule has 2 aliphatic heterocycles. The van der Waals surface area contributed by atoms with Crippen molar-refractivity contribution in [3.63, 3.8) is 0 Å². The van der Waals surface area contributed by atoms with Gasteiger partial charge in [-0.1, -0.05) is 6.92 Å². The first-order valence-electron chi connectivity index (χ1n) is 9.21. The number of carbonyl (C=O) groups is 2. The summed E-state index contributed by atoms with van der Waals surface area (Å²) >= 11 is 0. The zero-order chi connectivity index (χ0) is 17.8. The third kappa shape index (κ3) is 4.00. The number of carbonyl (C=O) groups excluding carboxylic acids is 2. The average molecular weight is 349 g/mol. The zero-order valence-corrected chi connectivity index (χ0v) is 15.0. The molecule has 3 heterocycles. The van der Waals surface area contributed by atoms with Crippen molar-refractivity contribution in [1.29, 1.82) is 0 Å². The van der Waals surface area contributed by atoms with Gasteiger partial charge in [-0.15, -0.1) is 0 Å². The van der Waals surface area contributed by atoms with Crippen molar-refractivity contribution in [3.8, 4) is 0 Å². The number of nitrogens with one attached hydrogen (secondary N) is 1. The van der Waals surface area contributed by atoms with Crippen LogP contribution < -0.4 is 0 Å². The molecule has 1 aromatic heterocycles. The molecule has 0 spiro atoms. The molecule has 8 heteroatoms. The van der Waals surface area contributed by atoms with E-state index in [4.69, 9.17) is 4.74 Å². The van der Waals surface area contributed by atoms with Gasteiger partial charge in [0.2, 0.25) is 11.8 Å². The van der Waals surface area contributed by atoms with Crippen LogP contribution in [0.25, 0.3) is 0 Å². The summed E-state index contributed by atoms with van der Waals surface area (Å²) in [5, 5.41) is 7.17. The largest absolute Gasteiger partial charge is 0.366 e. The van der Waals surface area contributed by atoms with Gasteiger partial charge in [0, 0.05) is 25.9 Å². The van der Waals surface area contributed by atoms with Crippen LogP contribution in [-0.4, -0.2) is 69.1 Å². The van der Waals surface area contributed by atoms with Crippen LogP contribution in [0.3, 0.4) is 0 Å². The molecule has 0 unspecified atom stereocenters. The van der Waals surface area contributed by atoms with E-state index in [0.717, 1.165) is 31.5 Å². The van der Waals surface area contributed by atoms with Crippen molar-refractivity contribution in [2.24, 2.45) is 0 Å². The second-order valence-corrected chi connectivity index (χ2v) is 6.75. The maximum absolute atomic E-state index is 12.9. The van der Waals surface area contributed by atoms with Crippen LogP contribution in [0.2, 0.25) is 0 Å². The number of morpholine rings is 1. The van der Waals surface area contributed by atoms with Crippen molar-refractivity contribution < 1.29 is 14.3 Å². The maximum atomic E-state index is 12.9. The molecule has 2 atom stereocenters. The molecule has 0 saturated carbocycles. The zero-order valence-electron chi connectivity index (χ0n) is 15.0. The number of rotatable bonds is 5. The lowest BCUT2D eigenvalue weighted by Crippen LogP contribution is -2.53. The SMILES string of the molecule is CCCc1nc([C@@H]2CN(C(=O)[C@H](C)N3CCCCC3=O)CCO2)n[nH]1. The third-order valence-electron chi connectivity index (χ3n) is 4.89. The number of aromatic amines is 1. The fourth-order valence-electron chi connectivity index (χ4n) is 3.44. The minimum absolute atomic E-state index is 0.0205. The number of piperidine rings is 1. The summed E-state index contributed by atoms with van der Waals surface area (Å²) < 4.78 is 5.76. The Balaban J connectivity index is 1.63. The quantitative estimate of drug-likeness (QED) is 0.858. The number of hydrogen-bond acceptors (Lipinski definition) is 5. The Morgan fingerprint density at radius 1 is 1.40 bits per heavy atom. The van der Waals surface area contributed by atoms with Gasteiger partial charge in [-0.05, 0) is 26.2 Å². The van der Waals surface area contributed by atoms with Crippen molar-refractivity contribution in [3.05, 3.63) is 11.6 Å².